The van der Waals surface area contributed by atoms with Gasteiger partial charge in [0.05, 0.1) is 17.2 Å². The molecule has 0 heterocycles. The van der Waals surface area contributed by atoms with Gasteiger partial charge in [-0.1, -0.05) is 73.5 Å². The standard InChI is InChI=1S/C30H33BrN2O4/c1-6-33(7-2)19-22-11-13-26(14-12-22)32-18-24-16-25(31)17-27(28(24)37-29(34)20(3)4)36-30(35)23-10-8-9-21(5)15-23/h8-18,20H,6-7,19H2,1-5H3. The van der Waals surface area contributed by atoms with Crippen LogP contribution in [0, 0.1) is 12.8 Å². The molecule has 0 bridgehead atoms. The van der Waals surface area contributed by atoms with E-state index in [1.54, 1.807) is 50.4 Å². The third-order valence-corrected chi connectivity index (χ3v) is 6.23. The Morgan fingerprint density at radius 1 is 1.00 bits per heavy atom. The zero-order valence-corrected chi connectivity index (χ0v) is 23.5. The smallest absolute Gasteiger partial charge is 0.343 e. The third-order valence-electron chi connectivity index (χ3n) is 5.77. The Kier molecular flexibility index (Phi) is 10.2. The molecular weight excluding hydrogens is 532 g/mol. The highest BCUT2D eigenvalue weighted by Gasteiger charge is 2.21. The second-order valence-corrected chi connectivity index (χ2v) is 9.96. The number of nitrogens with zero attached hydrogens (tertiary/aromatic N) is 2. The highest BCUT2D eigenvalue weighted by atomic mass is 79.9. The predicted molar refractivity (Wildman–Crippen MR) is 151 cm³/mol. The number of carbonyl (C=O) groups is 2. The van der Waals surface area contributed by atoms with Crippen LogP contribution in [0.3, 0.4) is 0 Å². The Balaban J connectivity index is 1.93. The molecule has 0 aliphatic carbocycles. The van der Waals surface area contributed by atoms with Gasteiger partial charge in [-0.25, -0.2) is 4.79 Å². The number of aryl methyl sites for hydroxylation is 1. The first-order chi connectivity index (χ1) is 17.7. The number of carbonyl (C=O) groups excluding carboxylic acids is 2. The van der Waals surface area contributed by atoms with E-state index in [0.29, 0.717) is 15.6 Å². The van der Waals surface area contributed by atoms with Crippen molar-refractivity contribution in [3.05, 3.63) is 87.4 Å². The lowest BCUT2D eigenvalue weighted by atomic mass is 10.1. The molecule has 194 valence electrons. The van der Waals surface area contributed by atoms with Gasteiger partial charge in [0, 0.05) is 22.8 Å². The van der Waals surface area contributed by atoms with Crippen molar-refractivity contribution in [2.75, 3.05) is 13.1 Å². The molecule has 0 saturated carbocycles. The van der Waals surface area contributed by atoms with Crippen molar-refractivity contribution < 1.29 is 19.1 Å². The Bertz CT molecular complexity index is 1270. The molecule has 0 aliphatic heterocycles. The summed E-state index contributed by atoms with van der Waals surface area (Å²) in [6.07, 6.45) is 1.61. The molecule has 0 spiro atoms. The molecule has 7 heteroatoms. The quantitative estimate of drug-likeness (QED) is 0.149. The molecule has 0 aromatic heterocycles. The first-order valence-electron chi connectivity index (χ1n) is 12.4. The average Bonchev–Trinajstić information content (AvgIpc) is 2.88. The fourth-order valence-electron chi connectivity index (χ4n) is 3.56. The Morgan fingerprint density at radius 2 is 1.70 bits per heavy atom. The van der Waals surface area contributed by atoms with Gasteiger partial charge in [-0.15, -0.1) is 0 Å². The van der Waals surface area contributed by atoms with E-state index in [1.807, 2.05) is 25.1 Å². The Morgan fingerprint density at radius 3 is 2.32 bits per heavy atom. The summed E-state index contributed by atoms with van der Waals surface area (Å²) < 4.78 is 12.1. The third kappa shape index (κ3) is 8.10. The molecule has 0 amide bonds. The average molecular weight is 566 g/mol. The predicted octanol–water partition coefficient (Wildman–Crippen LogP) is 7.13. The van der Waals surface area contributed by atoms with Crippen LogP contribution in [0.25, 0.3) is 0 Å². The van der Waals surface area contributed by atoms with E-state index in [1.165, 1.54) is 5.56 Å². The highest BCUT2D eigenvalue weighted by molar-refractivity contribution is 9.10. The van der Waals surface area contributed by atoms with Gasteiger partial charge < -0.3 is 9.47 Å². The first kappa shape index (κ1) is 28.3. The van der Waals surface area contributed by atoms with Gasteiger partial charge in [0.2, 0.25) is 0 Å². The van der Waals surface area contributed by atoms with E-state index in [2.05, 4.69) is 51.8 Å². The monoisotopic (exact) mass is 564 g/mol. The van der Waals surface area contributed by atoms with Gasteiger partial charge in [-0.05, 0) is 62.0 Å². The van der Waals surface area contributed by atoms with Crippen LogP contribution in [-0.4, -0.2) is 36.1 Å². The lowest BCUT2D eigenvalue weighted by Gasteiger charge is -2.17. The second-order valence-electron chi connectivity index (χ2n) is 9.04. The van der Waals surface area contributed by atoms with Crippen LogP contribution < -0.4 is 9.47 Å². The lowest BCUT2D eigenvalue weighted by Crippen LogP contribution is -2.21. The zero-order chi connectivity index (χ0) is 26.9. The summed E-state index contributed by atoms with van der Waals surface area (Å²) >= 11 is 3.47. The fourth-order valence-corrected chi connectivity index (χ4v) is 4.01. The Labute approximate surface area is 227 Å². The molecule has 3 aromatic rings. The SMILES string of the molecule is CCN(CC)Cc1ccc(N=Cc2cc(Br)cc(OC(=O)c3cccc(C)c3)c2OC(=O)C(C)C)cc1. The summed E-state index contributed by atoms with van der Waals surface area (Å²) in [5.74, 6) is -1.08. The van der Waals surface area contributed by atoms with E-state index in [9.17, 15) is 9.59 Å². The maximum absolute atomic E-state index is 12.9. The van der Waals surface area contributed by atoms with Crippen LogP contribution in [0.1, 0.15) is 54.7 Å². The maximum Gasteiger partial charge on any atom is 0.343 e. The van der Waals surface area contributed by atoms with Crippen LogP contribution in [0.5, 0.6) is 11.5 Å². The largest absolute Gasteiger partial charge is 0.422 e. The number of halogens is 1. The van der Waals surface area contributed by atoms with Crippen LogP contribution in [0.4, 0.5) is 5.69 Å². The van der Waals surface area contributed by atoms with E-state index in [-0.39, 0.29) is 17.4 Å². The minimum atomic E-state index is -0.546. The minimum Gasteiger partial charge on any atom is -0.422 e. The van der Waals surface area contributed by atoms with Crippen LogP contribution in [0.15, 0.2) is 70.1 Å². The summed E-state index contributed by atoms with van der Waals surface area (Å²) in [5.41, 5.74) is 3.81. The van der Waals surface area contributed by atoms with Crippen molar-refractivity contribution >= 4 is 39.8 Å². The summed E-state index contributed by atoms with van der Waals surface area (Å²) in [6.45, 7) is 12.6. The van der Waals surface area contributed by atoms with Crippen molar-refractivity contribution in [3.63, 3.8) is 0 Å². The fraction of sp³-hybridized carbons (Fsp3) is 0.300. The zero-order valence-electron chi connectivity index (χ0n) is 22.0. The number of hydrogen-bond acceptors (Lipinski definition) is 6. The van der Waals surface area contributed by atoms with E-state index in [4.69, 9.17) is 9.47 Å². The molecule has 0 fully saturated rings. The topological polar surface area (TPSA) is 68.2 Å². The van der Waals surface area contributed by atoms with E-state index < -0.39 is 11.9 Å². The van der Waals surface area contributed by atoms with Gasteiger partial charge in [-0.3, -0.25) is 14.7 Å². The summed E-state index contributed by atoms with van der Waals surface area (Å²) in [4.78, 5) is 32.3. The van der Waals surface area contributed by atoms with E-state index >= 15 is 0 Å². The van der Waals surface area contributed by atoms with Crippen LogP contribution in [0.2, 0.25) is 0 Å². The summed E-state index contributed by atoms with van der Waals surface area (Å²) in [6, 6.07) is 18.5. The van der Waals surface area contributed by atoms with Gasteiger partial charge in [-0.2, -0.15) is 0 Å². The van der Waals surface area contributed by atoms with Crippen LogP contribution >= 0.6 is 15.9 Å². The first-order valence-corrected chi connectivity index (χ1v) is 13.2. The number of esters is 2. The van der Waals surface area contributed by atoms with Gasteiger partial charge in [0.25, 0.3) is 0 Å². The van der Waals surface area contributed by atoms with E-state index in [0.717, 1.165) is 30.9 Å². The molecule has 3 rings (SSSR count). The molecule has 0 saturated heterocycles. The molecule has 37 heavy (non-hydrogen) atoms. The Hall–Kier alpha value is -3.29. The minimum absolute atomic E-state index is 0.130. The molecule has 0 N–H and O–H groups in total. The van der Waals surface area contributed by atoms with Crippen molar-refractivity contribution in [3.8, 4) is 11.5 Å². The second kappa shape index (κ2) is 13.3. The maximum atomic E-state index is 12.9. The van der Waals surface area contributed by atoms with Crippen molar-refractivity contribution in [2.45, 2.75) is 41.2 Å². The highest BCUT2D eigenvalue weighted by Crippen LogP contribution is 2.36. The molecule has 3 aromatic carbocycles. The van der Waals surface area contributed by atoms with Crippen molar-refractivity contribution in [2.24, 2.45) is 10.9 Å². The van der Waals surface area contributed by atoms with Crippen molar-refractivity contribution in [1.82, 2.24) is 4.90 Å². The summed E-state index contributed by atoms with van der Waals surface area (Å²) in [5, 5.41) is 0. The summed E-state index contributed by atoms with van der Waals surface area (Å²) in [7, 11) is 0. The lowest BCUT2D eigenvalue weighted by molar-refractivity contribution is -0.137. The number of hydrogen-bond donors (Lipinski definition) is 0. The molecule has 0 radical (unpaired) electrons. The van der Waals surface area contributed by atoms with Gasteiger partial charge >= 0.3 is 11.9 Å². The number of aliphatic imine (C=N–C) groups is 1. The molecule has 0 aliphatic rings. The van der Waals surface area contributed by atoms with Crippen LogP contribution in [-0.2, 0) is 11.3 Å². The molecule has 0 atom stereocenters. The number of rotatable bonds is 10. The number of benzene rings is 3. The van der Waals surface area contributed by atoms with Crippen molar-refractivity contribution in [1.29, 1.82) is 0 Å². The normalized spacial score (nSPS) is 11.4. The molecule has 6 nitrogen and oxygen atoms in total. The van der Waals surface area contributed by atoms with Gasteiger partial charge in [0.15, 0.2) is 11.5 Å². The molecular formula is C30H33BrN2O4. The molecule has 0 unspecified atom stereocenters. The number of ether oxygens (including phenoxy) is 2. The van der Waals surface area contributed by atoms with Gasteiger partial charge in [0.1, 0.15) is 0 Å².